The molecule has 15 nitrogen and oxygen atoms in total. The average molecular weight is 765 g/mol. The Balaban J connectivity index is 1.33. The molecule has 2 aliphatic carbocycles. The minimum absolute atomic E-state index is 0.0185. The van der Waals surface area contributed by atoms with E-state index in [1.807, 2.05) is 30.3 Å². The van der Waals surface area contributed by atoms with Gasteiger partial charge in [0.05, 0.1) is 17.5 Å². The maximum absolute atomic E-state index is 14.6. The van der Waals surface area contributed by atoms with Crippen LogP contribution in [0.25, 0.3) is 22.4 Å². The number of benzene rings is 1. The Bertz CT molecular complexity index is 2080. The highest BCUT2D eigenvalue weighted by Gasteiger charge is 2.62. The van der Waals surface area contributed by atoms with Gasteiger partial charge in [-0.05, 0) is 52.4 Å². The molecular weight excluding hydrogens is 717 g/mol. The molecule has 3 heterocycles. The summed E-state index contributed by atoms with van der Waals surface area (Å²) in [5.74, 6) is -2.37. The van der Waals surface area contributed by atoms with Crippen LogP contribution in [-0.4, -0.2) is 88.4 Å². The summed E-state index contributed by atoms with van der Waals surface area (Å²) in [6, 6.07) is 8.84. The van der Waals surface area contributed by atoms with Gasteiger partial charge in [-0.15, -0.1) is 6.58 Å². The number of nitrogens with one attached hydrogen (secondary N) is 3. The number of hydrogen-bond acceptors (Lipinski definition) is 11. The molecule has 2 aromatic heterocycles. The normalized spacial score (nSPS) is 23.3. The highest BCUT2D eigenvalue weighted by molar-refractivity contribution is 7.91. The Morgan fingerprint density at radius 3 is 2.37 bits per heavy atom. The number of ether oxygens (including phenoxy) is 2. The SMILES string of the molecule is C=C[C@@H]1C[C@]1(NC(=O)C1C[C@@H](Oc2cc(-c3ccccc3)nc3c(C)noc23)CN1C(=O)[C@@H](NC(=O)OC(C)(C)C)C(C)(C)C)C(=O)NS(=O)(=O)C1CC1. The lowest BCUT2D eigenvalue weighted by molar-refractivity contribution is -0.143. The molecule has 0 spiro atoms. The molecule has 2 saturated carbocycles. The number of alkyl carbamates (subject to hydrolysis) is 1. The maximum atomic E-state index is 14.6. The molecule has 1 unspecified atom stereocenters. The standard InChI is InChI=1S/C38H48N6O9S/c1-9-23-19-38(23,34(47)43-54(49,50)25-15-16-25)41-32(45)27-17-24(20-44(27)33(46)31(36(3,4)5)40-35(48)52-37(6,7)8)51-28-18-26(22-13-11-10-12-14-22)39-29-21(2)42-53-30(28)29/h9-14,18,23-25,27,31H,1,15-17,19-20H2,2-8H3,(H,40,48)(H,41,45)(H,43,47)/t23-,24-,27?,31-,38-/m1/s1. The zero-order valence-corrected chi connectivity index (χ0v) is 32.4. The minimum atomic E-state index is -3.92. The molecule has 0 bridgehead atoms. The molecule has 4 amide bonds. The van der Waals surface area contributed by atoms with Crippen LogP contribution in [0.5, 0.6) is 5.75 Å². The lowest BCUT2D eigenvalue weighted by atomic mass is 9.85. The van der Waals surface area contributed by atoms with Gasteiger partial charge in [0.15, 0.2) is 5.75 Å². The smallest absolute Gasteiger partial charge is 0.408 e. The number of pyridine rings is 1. The fraction of sp³-hybridized carbons (Fsp3) is 0.526. The molecule has 3 aliphatic rings. The van der Waals surface area contributed by atoms with Gasteiger partial charge in [0.25, 0.3) is 5.91 Å². The molecule has 5 atom stereocenters. The first kappa shape index (κ1) is 38.7. The predicted molar refractivity (Wildman–Crippen MR) is 198 cm³/mol. The van der Waals surface area contributed by atoms with Gasteiger partial charge in [0, 0.05) is 24.0 Å². The van der Waals surface area contributed by atoms with Crippen LogP contribution in [0.3, 0.4) is 0 Å². The van der Waals surface area contributed by atoms with Crippen molar-refractivity contribution in [3.63, 3.8) is 0 Å². The summed E-state index contributed by atoms with van der Waals surface area (Å²) in [6.45, 7) is 15.9. The first-order valence-corrected chi connectivity index (χ1v) is 19.6. The number of carbonyl (C=O) groups is 4. The minimum Gasteiger partial charge on any atom is -0.484 e. The third kappa shape index (κ3) is 8.08. The van der Waals surface area contributed by atoms with Gasteiger partial charge in [0.1, 0.15) is 40.5 Å². The van der Waals surface area contributed by atoms with Gasteiger partial charge in [-0.25, -0.2) is 18.2 Å². The van der Waals surface area contributed by atoms with Crippen molar-refractivity contribution in [2.24, 2.45) is 11.3 Å². The number of aromatic nitrogens is 2. The summed E-state index contributed by atoms with van der Waals surface area (Å²) in [7, 11) is -3.92. The summed E-state index contributed by atoms with van der Waals surface area (Å²) in [5, 5.41) is 8.92. The fourth-order valence-electron chi connectivity index (χ4n) is 6.66. The first-order valence-electron chi connectivity index (χ1n) is 18.0. The quantitative estimate of drug-likeness (QED) is 0.237. The number of rotatable bonds is 11. The number of fused-ring (bicyclic) bond motifs is 1. The van der Waals surface area contributed by atoms with Crippen LogP contribution in [0.15, 0.2) is 53.6 Å². The molecule has 290 valence electrons. The number of amides is 4. The van der Waals surface area contributed by atoms with E-state index in [0.29, 0.717) is 35.5 Å². The lowest BCUT2D eigenvalue weighted by Crippen LogP contribution is -2.60. The second kappa shape index (κ2) is 14.0. The van der Waals surface area contributed by atoms with Crippen LogP contribution in [0.1, 0.15) is 72.9 Å². The summed E-state index contributed by atoms with van der Waals surface area (Å²) in [4.78, 5) is 61.5. The topological polar surface area (TPSA) is 199 Å². The Morgan fingerprint density at radius 1 is 1.09 bits per heavy atom. The van der Waals surface area contributed by atoms with Gasteiger partial charge < -0.3 is 29.5 Å². The van der Waals surface area contributed by atoms with Crippen molar-refractivity contribution in [2.45, 2.75) is 109 Å². The van der Waals surface area contributed by atoms with Crippen LogP contribution in [0, 0.1) is 18.3 Å². The maximum Gasteiger partial charge on any atom is 0.408 e. The van der Waals surface area contributed by atoms with Crippen LogP contribution in [0.2, 0.25) is 0 Å². The van der Waals surface area contributed by atoms with Gasteiger partial charge in [0.2, 0.25) is 27.4 Å². The second-order valence-electron chi connectivity index (χ2n) is 16.4. The summed E-state index contributed by atoms with van der Waals surface area (Å²) >= 11 is 0. The Kier molecular flexibility index (Phi) is 10.1. The largest absolute Gasteiger partial charge is 0.484 e. The van der Waals surface area contributed by atoms with E-state index in [-0.39, 0.29) is 25.0 Å². The first-order chi connectivity index (χ1) is 25.2. The molecule has 1 saturated heterocycles. The zero-order valence-electron chi connectivity index (χ0n) is 31.6. The van der Waals surface area contributed by atoms with E-state index in [1.54, 1.807) is 54.5 Å². The molecule has 3 fully saturated rings. The Labute approximate surface area is 314 Å². The molecular formula is C38H48N6O9S. The van der Waals surface area contributed by atoms with Crippen LogP contribution in [-0.2, 0) is 29.1 Å². The highest BCUT2D eigenvalue weighted by atomic mass is 32.2. The number of nitrogens with zero attached hydrogens (tertiary/aromatic N) is 3. The number of hydrogen-bond donors (Lipinski definition) is 3. The van der Waals surface area contributed by atoms with E-state index in [9.17, 15) is 27.6 Å². The van der Waals surface area contributed by atoms with Gasteiger partial charge in [-0.2, -0.15) is 0 Å². The fourth-order valence-corrected chi connectivity index (χ4v) is 8.02. The number of sulfonamides is 1. The Morgan fingerprint density at radius 2 is 1.78 bits per heavy atom. The molecule has 1 aromatic carbocycles. The lowest BCUT2D eigenvalue weighted by Gasteiger charge is -2.36. The van der Waals surface area contributed by atoms with E-state index in [0.717, 1.165) is 5.56 Å². The molecule has 16 heteroatoms. The highest BCUT2D eigenvalue weighted by Crippen LogP contribution is 2.46. The van der Waals surface area contributed by atoms with E-state index in [2.05, 4.69) is 27.1 Å². The Hall–Kier alpha value is -4.99. The summed E-state index contributed by atoms with van der Waals surface area (Å²) in [5.41, 5.74) is -0.524. The molecule has 54 heavy (non-hydrogen) atoms. The van der Waals surface area contributed by atoms with Crippen molar-refractivity contribution >= 4 is 44.9 Å². The molecule has 6 rings (SSSR count). The summed E-state index contributed by atoms with van der Waals surface area (Å²) in [6.07, 6.45) is 0.911. The number of aryl methyl sites for hydroxylation is 1. The van der Waals surface area contributed by atoms with Crippen LogP contribution in [0.4, 0.5) is 4.79 Å². The number of likely N-dealkylation sites (tertiary alicyclic amines) is 1. The third-order valence-corrected chi connectivity index (χ3v) is 11.6. The van der Waals surface area contributed by atoms with Crippen molar-refractivity contribution in [3.8, 4) is 17.0 Å². The molecule has 0 radical (unpaired) electrons. The monoisotopic (exact) mass is 764 g/mol. The zero-order chi connectivity index (χ0) is 39.4. The molecule has 3 N–H and O–H groups in total. The van der Waals surface area contributed by atoms with E-state index < -0.39 is 79.7 Å². The van der Waals surface area contributed by atoms with Gasteiger partial charge in [-0.3, -0.25) is 19.1 Å². The van der Waals surface area contributed by atoms with E-state index in [4.69, 9.17) is 19.0 Å². The van der Waals surface area contributed by atoms with Crippen LogP contribution < -0.4 is 20.1 Å². The number of carbonyl (C=O) groups excluding carboxylic acids is 4. The van der Waals surface area contributed by atoms with E-state index in [1.165, 1.54) is 11.0 Å². The predicted octanol–water partition coefficient (Wildman–Crippen LogP) is 4.16. The second-order valence-corrected chi connectivity index (χ2v) is 18.4. The van der Waals surface area contributed by atoms with Crippen molar-refractivity contribution in [2.75, 3.05) is 6.54 Å². The van der Waals surface area contributed by atoms with E-state index >= 15 is 0 Å². The van der Waals surface area contributed by atoms with Gasteiger partial charge >= 0.3 is 6.09 Å². The van der Waals surface area contributed by atoms with Crippen LogP contribution >= 0.6 is 0 Å². The van der Waals surface area contributed by atoms with Crippen molar-refractivity contribution in [1.82, 2.24) is 30.4 Å². The van der Waals surface area contributed by atoms with Crippen molar-refractivity contribution in [1.29, 1.82) is 0 Å². The molecule has 3 aromatic rings. The third-order valence-electron chi connectivity index (χ3n) is 9.79. The average Bonchev–Trinajstić information content (AvgIpc) is 3.99. The molecule has 1 aliphatic heterocycles. The summed E-state index contributed by atoms with van der Waals surface area (Å²) < 4.78 is 45.2. The van der Waals surface area contributed by atoms with Gasteiger partial charge in [-0.1, -0.05) is 62.3 Å². The van der Waals surface area contributed by atoms with Crippen molar-refractivity contribution < 1.29 is 41.6 Å². The van der Waals surface area contributed by atoms with Crippen molar-refractivity contribution in [3.05, 3.63) is 54.7 Å².